The monoisotopic (exact) mass is 415 g/mol. The van der Waals surface area contributed by atoms with Gasteiger partial charge in [0.2, 0.25) is 0 Å². The van der Waals surface area contributed by atoms with Crippen molar-refractivity contribution in [3.63, 3.8) is 0 Å². The lowest BCUT2D eigenvalue weighted by molar-refractivity contribution is 0.169. The highest BCUT2D eigenvalue weighted by Gasteiger charge is 2.28. The van der Waals surface area contributed by atoms with Gasteiger partial charge in [0.1, 0.15) is 23.3 Å². The van der Waals surface area contributed by atoms with E-state index in [0.29, 0.717) is 53.1 Å². The lowest BCUT2D eigenvalue weighted by Gasteiger charge is -2.32. The van der Waals surface area contributed by atoms with Gasteiger partial charge in [-0.15, -0.1) is 5.10 Å². The second-order valence-corrected chi connectivity index (χ2v) is 7.26. The van der Waals surface area contributed by atoms with Crippen LogP contribution in [-0.2, 0) is 0 Å². The van der Waals surface area contributed by atoms with Crippen molar-refractivity contribution < 1.29 is 9.53 Å². The van der Waals surface area contributed by atoms with Crippen molar-refractivity contribution in [1.29, 1.82) is 0 Å². The Morgan fingerprint density at radius 2 is 2.14 bits per heavy atom. The first-order valence-corrected chi connectivity index (χ1v) is 9.89. The van der Waals surface area contributed by atoms with Crippen molar-refractivity contribution >= 4 is 34.5 Å². The second-order valence-electron chi connectivity index (χ2n) is 6.82. The van der Waals surface area contributed by atoms with Crippen LogP contribution in [0, 0.1) is 0 Å². The van der Waals surface area contributed by atoms with Gasteiger partial charge < -0.3 is 20.7 Å². The molecule has 3 heterocycles. The third-order valence-corrected chi connectivity index (χ3v) is 5.16. The van der Waals surface area contributed by atoms with Gasteiger partial charge in [-0.1, -0.05) is 17.7 Å². The molecule has 0 unspecified atom stereocenters. The smallest absolute Gasteiger partial charge is 0.317 e. The quantitative estimate of drug-likeness (QED) is 0.676. The van der Waals surface area contributed by atoms with Gasteiger partial charge in [-0.25, -0.2) is 19.4 Å². The molecule has 4 rings (SSSR count). The summed E-state index contributed by atoms with van der Waals surface area (Å²) in [6.45, 7) is 3.81. The summed E-state index contributed by atoms with van der Waals surface area (Å²) >= 11 is 6.06. The van der Waals surface area contributed by atoms with Gasteiger partial charge in [-0.3, -0.25) is 0 Å². The van der Waals surface area contributed by atoms with Crippen LogP contribution >= 0.6 is 11.6 Å². The number of hydrogen-bond acceptors (Lipinski definition) is 6. The number of fused-ring (bicyclic) bond motifs is 1. The second kappa shape index (κ2) is 8.12. The van der Waals surface area contributed by atoms with E-state index in [1.807, 2.05) is 16.5 Å². The van der Waals surface area contributed by atoms with Crippen LogP contribution in [0.25, 0.3) is 11.0 Å². The largest absolute Gasteiger partial charge is 0.437 e. The molecular formula is C19H22ClN7O2. The molecule has 0 bridgehead atoms. The molecule has 1 aliphatic rings. The highest BCUT2D eigenvalue weighted by Crippen LogP contribution is 2.35. The van der Waals surface area contributed by atoms with E-state index in [9.17, 15) is 4.79 Å². The van der Waals surface area contributed by atoms with Gasteiger partial charge in [-0.2, -0.15) is 0 Å². The molecule has 0 atom stereocenters. The Kier molecular flexibility index (Phi) is 5.39. The minimum absolute atomic E-state index is 0.0344. The van der Waals surface area contributed by atoms with Crippen LogP contribution in [0.5, 0.6) is 11.6 Å². The lowest BCUT2D eigenvalue weighted by atomic mass is 10.1. The Morgan fingerprint density at radius 3 is 2.86 bits per heavy atom. The highest BCUT2D eigenvalue weighted by atomic mass is 35.5. The minimum atomic E-state index is -0.0344. The van der Waals surface area contributed by atoms with Crippen molar-refractivity contribution in [2.24, 2.45) is 0 Å². The summed E-state index contributed by atoms with van der Waals surface area (Å²) in [6, 6.07) is 7.11. The number of rotatable bonds is 4. The number of nitrogen functional groups attached to an aromatic ring is 1. The van der Waals surface area contributed by atoms with Crippen LogP contribution in [0.2, 0.25) is 5.02 Å². The van der Waals surface area contributed by atoms with Crippen molar-refractivity contribution in [2.75, 3.05) is 25.4 Å². The fourth-order valence-electron chi connectivity index (χ4n) is 3.51. The van der Waals surface area contributed by atoms with Crippen LogP contribution in [0.4, 0.5) is 10.6 Å². The molecule has 3 N–H and O–H groups in total. The molecule has 1 aliphatic heterocycles. The summed E-state index contributed by atoms with van der Waals surface area (Å²) in [5.41, 5.74) is 6.72. The van der Waals surface area contributed by atoms with Crippen molar-refractivity contribution in [1.82, 2.24) is 30.0 Å². The molecule has 1 aromatic carbocycles. The summed E-state index contributed by atoms with van der Waals surface area (Å²) < 4.78 is 7.80. The van der Waals surface area contributed by atoms with E-state index in [0.717, 1.165) is 12.8 Å². The summed E-state index contributed by atoms with van der Waals surface area (Å²) in [4.78, 5) is 22.4. The molecule has 0 aliphatic carbocycles. The van der Waals surface area contributed by atoms with E-state index in [-0.39, 0.29) is 12.1 Å². The van der Waals surface area contributed by atoms with Gasteiger partial charge in [0.25, 0.3) is 5.88 Å². The SMILES string of the molecule is CCNC(=O)N1CCC(n2nc(Oc3cccc(Cl)c3)c3c(N)ncnc32)CC1. The normalized spacial score (nSPS) is 14.9. The number of amides is 2. The van der Waals surface area contributed by atoms with Crippen molar-refractivity contribution in [3.8, 4) is 11.6 Å². The number of nitrogens with two attached hydrogens (primary N) is 1. The lowest BCUT2D eigenvalue weighted by Crippen LogP contribution is -2.44. The molecule has 0 saturated carbocycles. The summed E-state index contributed by atoms with van der Waals surface area (Å²) in [7, 11) is 0. The zero-order chi connectivity index (χ0) is 20.4. The summed E-state index contributed by atoms with van der Waals surface area (Å²) in [6.07, 6.45) is 2.94. The van der Waals surface area contributed by atoms with Gasteiger partial charge in [-0.05, 0) is 38.0 Å². The number of urea groups is 1. The number of aromatic nitrogens is 4. The number of nitrogens with zero attached hydrogens (tertiary/aromatic N) is 5. The molecule has 2 amide bonds. The first-order valence-electron chi connectivity index (χ1n) is 9.51. The topological polar surface area (TPSA) is 111 Å². The van der Waals surface area contributed by atoms with Crippen LogP contribution < -0.4 is 15.8 Å². The Bertz CT molecular complexity index is 1030. The number of carbonyl (C=O) groups excluding carboxylic acids is 1. The number of carbonyl (C=O) groups is 1. The maximum atomic E-state index is 12.1. The highest BCUT2D eigenvalue weighted by molar-refractivity contribution is 6.30. The number of likely N-dealkylation sites (tertiary alicyclic amines) is 1. The Labute approximate surface area is 172 Å². The number of piperidine rings is 1. The molecular weight excluding hydrogens is 394 g/mol. The average molecular weight is 416 g/mol. The first kappa shape index (κ1) is 19.3. The van der Waals surface area contributed by atoms with E-state index in [1.54, 1.807) is 24.3 Å². The van der Waals surface area contributed by atoms with E-state index in [2.05, 4.69) is 20.4 Å². The first-order chi connectivity index (χ1) is 14.1. The van der Waals surface area contributed by atoms with E-state index in [1.165, 1.54) is 6.33 Å². The number of ether oxygens (including phenoxy) is 1. The Balaban J connectivity index is 1.62. The van der Waals surface area contributed by atoms with Gasteiger partial charge in [0.15, 0.2) is 5.65 Å². The third kappa shape index (κ3) is 3.91. The zero-order valence-electron chi connectivity index (χ0n) is 16.0. The zero-order valence-corrected chi connectivity index (χ0v) is 16.8. The van der Waals surface area contributed by atoms with E-state index in [4.69, 9.17) is 22.1 Å². The van der Waals surface area contributed by atoms with Crippen LogP contribution in [0.1, 0.15) is 25.8 Å². The molecule has 3 aromatic rings. The molecule has 9 nitrogen and oxygen atoms in total. The Morgan fingerprint density at radius 1 is 1.34 bits per heavy atom. The summed E-state index contributed by atoms with van der Waals surface area (Å²) in [5, 5.41) is 8.63. The maximum absolute atomic E-state index is 12.1. The summed E-state index contributed by atoms with van der Waals surface area (Å²) in [5.74, 6) is 1.20. The third-order valence-electron chi connectivity index (χ3n) is 4.92. The predicted octanol–water partition coefficient (Wildman–Crippen LogP) is 3.22. The van der Waals surface area contributed by atoms with E-state index < -0.39 is 0 Å². The fraction of sp³-hybridized carbons (Fsp3) is 0.368. The van der Waals surface area contributed by atoms with Gasteiger partial charge in [0.05, 0.1) is 6.04 Å². The van der Waals surface area contributed by atoms with E-state index >= 15 is 0 Å². The molecule has 0 spiro atoms. The van der Waals surface area contributed by atoms with Gasteiger partial charge in [0, 0.05) is 24.7 Å². The number of anilines is 1. The molecule has 0 radical (unpaired) electrons. The predicted molar refractivity (Wildman–Crippen MR) is 110 cm³/mol. The number of hydrogen-bond donors (Lipinski definition) is 2. The number of halogens is 1. The van der Waals surface area contributed by atoms with Crippen molar-refractivity contribution in [3.05, 3.63) is 35.6 Å². The number of benzene rings is 1. The molecule has 10 heteroatoms. The van der Waals surface area contributed by atoms with Crippen molar-refractivity contribution in [2.45, 2.75) is 25.8 Å². The molecule has 29 heavy (non-hydrogen) atoms. The molecule has 2 aromatic heterocycles. The molecule has 1 saturated heterocycles. The number of nitrogens with one attached hydrogen (secondary N) is 1. The Hall–Kier alpha value is -3.07. The fourth-order valence-corrected chi connectivity index (χ4v) is 3.69. The molecule has 152 valence electrons. The molecule has 1 fully saturated rings. The minimum Gasteiger partial charge on any atom is -0.437 e. The average Bonchev–Trinajstić information content (AvgIpc) is 3.08. The maximum Gasteiger partial charge on any atom is 0.317 e. The standard InChI is InChI=1S/C19H22ClN7O2/c1-2-22-19(28)26-8-6-13(7-9-26)27-17-15(16(21)23-11-24-17)18(25-27)29-14-5-3-4-12(20)10-14/h3-5,10-11,13H,2,6-9H2,1H3,(H,22,28)(H2,21,23,24). The van der Waals surface area contributed by atoms with Gasteiger partial charge >= 0.3 is 6.03 Å². The van der Waals surface area contributed by atoms with Crippen LogP contribution in [0.3, 0.4) is 0 Å². The van der Waals surface area contributed by atoms with Crippen LogP contribution in [0.15, 0.2) is 30.6 Å². The van der Waals surface area contributed by atoms with Crippen LogP contribution in [-0.4, -0.2) is 50.3 Å².